The Labute approximate surface area is 168 Å². The number of ether oxygens (including phenoxy) is 1. The van der Waals surface area contributed by atoms with E-state index in [4.69, 9.17) is 32.9 Å². The van der Waals surface area contributed by atoms with Crippen molar-refractivity contribution >= 4 is 39.2 Å². The van der Waals surface area contributed by atoms with Crippen LogP contribution in [-0.4, -0.2) is 57.6 Å². The second-order valence-electron chi connectivity index (χ2n) is 5.92. The van der Waals surface area contributed by atoms with Crippen LogP contribution in [0.2, 0.25) is 5.15 Å². The van der Waals surface area contributed by atoms with Crippen molar-refractivity contribution < 1.29 is 13.2 Å². The molecule has 1 aromatic heterocycles. The van der Waals surface area contributed by atoms with Crippen molar-refractivity contribution in [3.8, 4) is 11.3 Å². The van der Waals surface area contributed by atoms with Gasteiger partial charge in [0, 0.05) is 30.1 Å². The molecule has 1 saturated heterocycles. The minimum absolute atomic E-state index is 0.155. The summed E-state index contributed by atoms with van der Waals surface area (Å²) in [5.74, 6) is 0.847. The summed E-state index contributed by atoms with van der Waals surface area (Å²) in [4.78, 5) is 11.3. The Balaban J connectivity index is 2.12. The first-order chi connectivity index (χ1) is 13.0. The van der Waals surface area contributed by atoms with E-state index in [-0.39, 0.29) is 4.90 Å². The summed E-state index contributed by atoms with van der Waals surface area (Å²) in [6.45, 7) is 2.52. The Morgan fingerprint density at radius 3 is 2.67 bits per heavy atom. The molecule has 1 fully saturated rings. The summed E-state index contributed by atoms with van der Waals surface area (Å²) in [7, 11) is -2.20. The van der Waals surface area contributed by atoms with Crippen LogP contribution in [0.15, 0.2) is 29.2 Å². The Hall–Kier alpha value is -1.45. The van der Waals surface area contributed by atoms with Gasteiger partial charge >= 0.3 is 0 Å². The Bertz CT molecular complexity index is 918. The molecule has 1 aliphatic heterocycles. The summed E-state index contributed by atoms with van der Waals surface area (Å²) in [5, 5.41) is 0.323. The number of aromatic nitrogens is 2. The molecule has 0 radical (unpaired) electrons. The minimum atomic E-state index is -3.57. The maximum atomic E-state index is 12.2. The van der Waals surface area contributed by atoms with Crippen molar-refractivity contribution in [2.45, 2.75) is 11.3 Å². The molecular formula is C17H20Cl2N4O3S. The monoisotopic (exact) mass is 430 g/mol. The third-order valence-electron chi connectivity index (χ3n) is 4.27. The molecule has 0 amide bonds. The molecule has 0 aliphatic carbocycles. The number of hydrogen-bond acceptors (Lipinski definition) is 6. The van der Waals surface area contributed by atoms with Crippen LogP contribution >= 0.6 is 23.2 Å². The first kappa shape index (κ1) is 20.3. The Morgan fingerprint density at radius 2 is 2.00 bits per heavy atom. The van der Waals surface area contributed by atoms with E-state index in [0.717, 1.165) is 0 Å². The molecule has 7 nitrogen and oxygen atoms in total. The van der Waals surface area contributed by atoms with Gasteiger partial charge in [-0.25, -0.2) is 23.1 Å². The van der Waals surface area contributed by atoms with Crippen LogP contribution in [0.1, 0.15) is 5.56 Å². The molecule has 0 unspecified atom stereocenters. The fourth-order valence-electron chi connectivity index (χ4n) is 2.83. The standard InChI is InChI=1S/C17H20Cl2N4O3S/c1-20-27(24,25)13-4-2-3-12(11-13)15-14(5-6-18)16(19)22-17(21-15)23-7-9-26-10-8-23/h2-4,11,20H,5-10H2,1H3. The van der Waals surface area contributed by atoms with Crippen molar-refractivity contribution in [1.29, 1.82) is 0 Å². The van der Waals surface area contributed by atoms with Crippen molar-refractivity contribution in [2.75, 3.05) is 44.1 Å². The SMILES string of the molecule is CNS(=O)(=O)c1cccc(-c2nc(N3CCOCC3)nc(Cl)c2CCCl)c1. The highest BCUT2D eigenvalue weighted by molar-refractivity contribution is 7.89. The highest BCUT2D eigenvalue weighted by Gasteiger charge is 2.21. The van der Waals surface area contributed by atoms with Crippen molar-refractivity contribution in [3.05, 3.63) is 35.0 Å². The number of nitrogens with zero attached hydrogens (tertiary/aromatic N) is 3. The minimum Gasteiger partial charge on any atom is -0.378 e. The molecular weight excluding hydrogens is 411 g/mol. The molecule has 10 heteroatoms. The number of sulfonamides is 1. The lowest BCUT2D eigenvalue weighted by atomic mass is 10.1. The Kier molecular flexibility index (Phi) is 6.54. The maximum Gasteiger partial charge on any atom is 0.240 e. The van der Waals surface area contributed by atoms with Crippen LogP contribution in [-0.2, 0) is 21.2 Å². The van der Waals surface area contributed by atoms with Gasteiger partial charge in [0.15, 0.2) is 0 Å². The number of benzene rings is 1. The smallest absolute Gasteiger partial charge is 0.240 e. The third kappa shape index (κ3) is 4.52. The number of morpholine rings is 1. The number of rotatable bonds is 6. The molecule has 0 bridgehead atoms. The van der Waals surface area contributed by atoms with Crippen molar-refractivity contribution in [1.82, 2.24) is 14.7 Å². The number of anilines is 1. The summed E-state index contributed by atoms with van der Waals surface area (Å²) in [6, 6.07) is 6.58. The van der Waals surface area contributed by atoms with E-state index in [2.05, 4.69) is 9.71 Å². The Morgan fingerprint density at radius 1 is 1.26 bits per heavy atom. The van der Waals surface area contributed by atoms with E-state index in [1.54, 1.807) is 18.2 Å². The van der Waals surface area contributed by atoms with Gasteiger partial charge in [-0.3, -0.25) is 0 Å². The molecule has 0 atom stereocenters. The number of halogens is 2. The zero-order chi connectivity index (χ0) is 19.4. The molecule has 27 heavy (non-hydrogen) atoms. The highest BCUT2D eigenvalue weighted by Crippen LogP contribution is 2.31. The second kappa shape index (κ2) is 8.70. The number of alkyl halides is 1. The molecule has 2 heterocycles. The van der Waals surface area contributed by atoms with Crippen LogP contribution in [0, 0.1) is 0 Å². The fourth-order valence-corrected chi connectivity index (χ4v) is 4.06. The summed E-state index contributed by atoms with van der Waals surface area (Å²) in [5.41, 5.74) is 1.93. The summed E-state index contributed by atoms with van der Waals surface area (Å²) < 4.78 is 32.0. The van der Waals surface area contributed by atoms with E-state index in [1.807, 2.05) is 4.90 Å². The zero-order valence-electron chi connectivity index (χ0n) is 14.8. The van der Waals surface area contributed by atoms with Crippen molar-refractivity contribution in [3.63, 3.8) is 0 Å². The van der Waals surface area contributed by atoms with Crippen LogP contribution in [0.5, 0.6) is 0 Å². The topological polar surface area (TPSA) is 84.4 Å². The predicted octanol–water partition coefficient (Wildman–Crippen LogP) is 2.32. The maximum absolute atomic E-state index is 12.2. The second-order valence-corrected chi connectivity index (χ2v) is 8.54. The first-order valence-electron chi connectivity index (χ1n) is 8.45. The van der Waals surface area contributed by atoms with Gasteiger partial charge in [0.2, 0.25) is 16.0 Å². The number of hydrogen-bond donors (Lipinski definition) is 1. The molecule has 2 aromatic rings. The van der Waals surface area contributed by atoms with Gasteiger partial charge < -0.3 is 9.64 Å². The lowest BCUT2D eigenvalue weighted by molar-refractivity contribution is 0.122. The van der Waals surface area contributed by atoms with Gasteiger partial charge in [-0.05, 0) is 25.6 Å². The van der Waals surface area contributed by atoms with E-state index < -0.39 is 10.0 Å². The van der Waals surface area contributed by atoms with Gasteiger partial charge in [0.25, 0.3) is 0 Å². The van der Waals surface area contributed by atoms with Crippen molar-refractivity contribution in [2.24, 2.45) is 0 Å². The van der Waals surface area contributed by atoms with E-state index in [9.17, 15) is 8.42 Å². The normalized spacial score (nSPS) is 15.1. The lowest BCUT2D eigenvalue weighted by Gasteiger charge is -2.27. The van der Waals surface area contributed by atoms with E-state index in [0.29, 0.717) is 66.5 Å². The average molecular weight is 431 g/mol. The average Bonchev–Trinajstić information content (AvgIpc) is 2.70. The van der Waals surface area contributed by atoms with Gasteiger partial charge in [-0.2, -0.15) is 0 Å². The van der Waals surface area contributed by atoms with E-state index >= 15 is 0 Å². The molecule has 3 rings (SSSR count). The van der Waals surface area contributed by atoms with Crippen LogP contribution in [0.25, 0.3) is 11.3 Å². The van der Waals surface area contributed by atoms with Gasteiger partial charge in [0.05, 0.1) is 23.8 Å². The highest BCUT2D eigenvalue weighted by atomic mass is 35.5. The number of nitrogens with one attached hydrogen (secondary N) is 1. The molecule has 1 aliphatic rings. The fraction of sp³-hybridized carbons (Fsp3) is 0.412. The molecule has 0 spiro atoms. The molecule has 0 saturated carbocycles. The van der Waals surface area contributed by atoms with Gasteiger partial charge in [-0.1, -0.05) is 23.7 Å². The zero-order valence-corrected chi connectivity index (χ0v) is 17.1. The van der Waals surface area contributed by atoms with Crippen LogP contribution in [0.4, 0.5) is 5.95 Å². The summed E-state index contributed by atoms with van der Waals surface area (Å²) >= 11 is 12.4. The first-order valence-corrected chi connectivity index (χ1v) is 10.8. The molecule has 146 valence electrons. The third-order valence-corrected chi connectivity index (χ3v) is 6.18. The van der Waals surface area contributed by atoms with Gasteiger partial charge in [-0.15, -0.1) is 11.6 Å². The largest absolute Gasteiger partial charge is 0.378 e. The van der Waals surface area contributed by atoms with Crippen LogP contribution < -0.4 is 9.62 Å². The summed E-state index contributed by atoms with van der Waals surface area (Å²) in [6.07, 6.45) is 0.474. The predicted molar refractivity (Wildman–Crippen MR) is 106 cm³/mol. The van der Waals surface area contributed by atoms with Gasteiger partial charge in [0.1, 0.15) is 5.15 Å². The van der Waals surface area contributed by atoms with E-state index in [1.165, 1.54) is 13.1 Å². The lowest BCUT2D eigenvalue weighted by Crippen LogP contribution is -2.37. The molecule has 1 aromatic carbocycles. The quantitative estimate of drug-likeness (QED) is 0.558. The van der Waals surface area contributed by atoms with Crippen LogP contribution in [0.3, 0.4) is 0 Å². The molecule has 1 N–H and O–H groups in total.